The average molecular weight is 256 g/mol. The Morgan fingerprint density at radius 2 is 1.95 bits per heavy atom. The van der Waals surface area contributed by atoms with E-state index in [4.69, 9.17) is 4.74 Å². The van der Waals surface area contributed by atoms with Crippen LogP contribution in [0.25, 0.3) is 11.0 Å². The van der Waals surface area contributed by atoms with Crippen molar-refractivity contribution in [3.05, 3.63) is 54.4 Å². The summed E-state index contributed by atoms with van der Waals surface area (Å²) < 4.78 is 7.78. The summed E-state index contributed by atoms with van der Waals surface area (Å²) in [5, 5.41) is 0. The molecular weight excluding hydrogens is 236 g/mol. The molecule has 0 aliphatic carbocycles. The average Bonchev–Trinajstić information content (AvgIpc) is 2.67. The molecule has 0 radical (unpaired) electrons. The van der Waals surface area contributed by atoms with Gasteiger partial charge >= 0.3 is 0 Å². The van der Waals surface area contributed by atoms with Crippen molar-refractivity contribution in [2.45, 2.75) is 27.0 Å². The molecule has 0 saturated carbocycles. The van der Waals surface area contributed by atoms with E-state index in [-0.39, 0.29) is 0 Å². The van der Waals surface area contributed by atoms with Gasteiger partial charge in [0, 0.05) is 6.54 Å². The van der Waals surface area contributed by atoms with Gasteiger partial charge in [0.05, 0.1) is 17.6 Å². The Labute approximate surface area is 114 Å². The number of allylic oxidation sites excluding steroid dienone is 1. The third-order valence-corrected chi connectivity index (χ3v) is 2.74. The van der Waals surface area contributed by atoms with Crippen LogP contribution < -0.4 is 0 Å². The first kappa shape index (κ1) is 13.6. The van der Waals surface area contributed by atoms with Gasteiger partial charge in [0.25, 0.3) is 0 Å². The Kier molecular flexibility index (Phi) is 4.17. The number of benzene rings is 1. The van der Waals surface area contributed by atoms with Crippen LogP contribution in [-0.2, 0) is 17.9 Å². The molecule has 2 rings (SSSR count). The Morgan fingerprint density at radius 1 is 1.21 bits per heavy atom. The molecule has 3 heteroatoms. The third kappa shape index (κ3) is 3.32. The topological polar surface area (TPSA) is 27.1 Å². The predicted molar refractivity (Wildman–Crippen MR) is 79.0 cm³/mol. The quantitative estimate of drug-likeness (QED) is 0.737. The molecule has 0 fully saturated rings. The summed E-state index contributed by atoms with van der Waals surface area (Å²) >= 11 is 0. The molecule has 1 aromatic carbocycles. The van der Waals surface area contributed by atoms with E-state index < -0.39 is 0 Å². The van der Waals surface area contributed by atoms with Gasteiger partial charge in [-0.05, 0) is 26.0 Å². The number of aromatic nitrogens is 2. The van der Waals surface area contributed by atoms with Crippen LogP contribution >= 0.6 is 0 Å². The van der Waals surface area contributed by atoms with Crippen molar-refractivity contribution >= 4 is 11.0 Å². The minimum atomic E-state index is 0.495. The van der Waals surface area contributed by atoms with Gasteiger partial charge in [0.15, 0.2) is 0 Å². The van der Waals surface area contributed by atoms with Crippen LogP contribution in [0, 0.1) is 0 Å². The maximum atomic E-state index is 5.62. The molecule has 2 aromatic rings. The fourth-order valence-electron chi connectivity index (χ4n) is 2.00. The lowest BCUT2D eigenvalue weighted by molar-refractivity contribution is 0.134. The van der Waals surface area contributed by atoms with E-state index in [1.807, 2.05) is 32.0 Å². The third-order valence-electron chi connectivity index (χ3n) is 2.74. The van der Waals surface area contributed by atoms with Gasteiger partial charge in [0.2, 0.25) is 0 Å². The second-order valence-electron chi connectivity index (χ2n) is 5.01. The fraction of sp³-hybridized carbons (Fsp3) is 0.312. The molecule has 0 N–H and O–H groups in total. The second-order valence-corrected chi connectivity index (χ2v) is 5.01. The predicted octanol–water partition coefficient (Wildman–Crippen LogP) is 3.71. The standard InChI is InChI=1S/C16H20N2O/c1-12(2)9-18-15-8-6-5-7-14(15)17-16(18)11-19-10-13(3)4/h5-8H,1,3,9-11H2,2,4H3. The summed E-state index contributed by atoms with van der Waals surface area (Å²) in [6, 6.07) is 8.12. The van der Waals surface area contributed by atoms with Crippen LogP contribution in [-0.4, -0.2) is 16.2 Å². The van der Waals surface area contributed by atoms with Gasteiger partial charge in [-0.1, -0.05) is 36.4 Å². The van der Waals surface area contributed by atoms with Crippen LogP contribution in [0.15, 0.2) is 48.6 Å². The van der Waals surface area contributed by atoms with Crippen molar-refractivity contribution in [3.8, 4) is 0 Å². The highest BCUT2D eigenvalue weighted by atomic mass is 16.5. The van der Waals surface area contributed by atoms with Crippen molar-refractivity contribution in [2.24, 2.45) is 0 Å². The zero-order valence-electron chi connectivity index (χ0n) is 11.6. The number of fused-ring (bicyclic) bond motifs is 1. The minimum absolute atomic E-state index is 0.495. The monoisotopic (exact) mass is 256 g/mol. The largest absolute Gasteiger partial charge is 0.369 e. The minimum Gasteiger partial charge on any atom is -0.369 e. The van der Waals surface area contributed by atoms with E-state index >= 15 is 0 Å². The highest BCUT2D eigenvalue weighted by Gasteiger charge is 2.10. The number of nitrogens with zero attached hydrogens (tertiary/aromatic N) is 2. The lowest BCUT2D eigenvalue weighted by Gasteiger charge is -2.09. The molecular formula is C16H20N2O. The van der Waals surface area contributed by atoms with Crippen molar-refractivity contribution < 1.29 is 4.74 Å². The Bertz CT molecular complexity index is 610. The second kappa shape index (κ2) is 5.85. The SMILES string of the molecule is C=C(C)COCc1nc2ccccc2n1CC(=C)C. The smallest absolute Gasteiger partial charge is 0.136 e. The molecule has 100 valence electrons. The molecule has 0 bridgehead atoms. The Morgan fingerprint density at radius 3 is 2.63 bits per heavy atom. The summed E-state index contributed by atoms with van der Waals surface area (Å²) in [6.45, 7) is 13.6. The van der Waals surface area contributed by atoms with E-state index in [1.165, 1.54) is 0 Å². The molecule has 0 amide bonds. The van der Waals surface area contributed by atoms with Gasteiger partial charge < -0.3 is 9.30 Å². The Hall–Kier alpha value is -1.87. The van der Waals surface area contributed by atoms with Gasteiger partial charge in [0.1, 0.15) is 12.4 Å². The molecule has 0 aliphatic rings. The molecule has 0 spiro atoms. The molecule has 3 nitrogen and oxygen atoms in total. The first-order chi connectivity index (χ1) is 9.08. The van der Waals surface area contributed by atoms with Gasteiger partial charge in [-0.15, -0.1) is 0 Å². The number of imidazole rings is 1. The lowest BCUT2D eigenvalue weighted by atomic mass is 10.3. The van der Waals surface area contributed by atoms with Crippen molar-refractivity contribution in [2.75, 3.05) is 6.61 Å². The highest BCUT2D eigenvalue weighted by Crippen LogP contribution is 2.18. The van der Waals surface area contributed by atoms with Crippen molar-refractivity contribution in [3.63, 3.8) is 0 Å². The summed E-state index contributed by atoms with van der Waals surface area (Å²) in [5.41, 5.74) is 4.24. The van der Waals surface area contributed by atoms with E-state index in [0.29, 0.717) is 13.2 Å². The lowest BCUT2D eigenvalue weighted by Crippen LogP contribution is -2.07. The number of ether oxygens (including phenoxy) is 1. The number of para-hydroxylation sites is 2. The first-order valence-corrected chi connectivity index (χ1v) is 6.38. The molecule has 1 aromatic heterocycles. The zero-order valence-corrected chi connectivity index (χ0v) is 11.6. The van der Waals surface area contributed by atoms with Crippen molar-refractivity contribution in [1.29, 1.82) is 0 Å². The Balaban J connectivity index is 2.29. The normalized spacial score (nSPS) is 10.8. The number of hydrogen-bond donors (Lipinski definition) is 0. The molecule has 1 heterocycles. The highest BCUT2D eigenvalue weighted by molar-refractivity contribution is 5.75. The zero-order chi connectivity index (χ0) is 13.8. The summed E-state index contributed by atoms with van der Waals surface area (Å²) in [7, 11) is 0. The van der Waals surface area contributed by atoms with Gasteiger partial charge in [-0.2, -0.15) is 0 Å². The molecule has 0 unspecified atom stereocenters. The fourth-order valence-corrected chi connectivity index (χ4v) is 2.00. The molecule has 19 heavy (non-hydrogen) atoms. The van der Waals surface area contributed by atoms with Crippen LogP contribution in [0.3, 0.4) is 0 Å². The van der Waals surface area contributed by atoms with E-state index in [1.54, 1.807) is 0 Å². The molecule has 0 saturated heterocycles. The first-order valence-electron chi connectivity index (χ1n) is 6.38. The number of rotatable bonds is 6. The van der Waals surface area contributed by atoms with Gasteiger partial charge in [-0.3, -0.25) is 0 Å². The maximum Gasteiger partial charge on any atom is 0.136 e. The van der Waals surface area contributed by atoms with Crippen LogP contribution in [0.5, 0.6) is 0 Å². The van der Waals surface area contributed by atoms with Crippen LogP contribution in [0.4, 0.5) is 0 Å². The van der Waals surface area contributed by atoms with Crippen LogP contribution in [0.1, 0.15) is 19.7 Å². The summed E-state index contributed by atoms with van der Waals surface area (Å²) in [4.78, 5) is 4.63. The van der Waals surface area contributed by atoms with Gasteiger partial charge in [-0.25, -0.2) is 4.98 Å². The number of hydrogen-bond acceptors (Lipinski definition) is 2. The summed E-state index contributed by atoms with van der Waals surface area (Å²) in [6.07, 6.45) is 0. The van der Waals surface area contributed by atoms with E-state index in [0.717, 1.165) is 34.5 Å². The molecule has 0 atom stereocenters. The van der Waals surface area contributed by atoms with E-state index in [9.17, 15) is 0 Å². The summed E-state index contributed by atoms with van der Waals surface area (Å²) in [5.74, 6) is 0.936. The van der Waals surface area contributed by atoms with Crippen LogP contribution in [0.2, 0.25) is 0 Å². The maximum absolute atomic E-state index is 5.62. The van der Waals surface area contributed by atoms with E-state index in [2.05, 4.69) is 28.8 Å². The van der Waals surface area contributed by atoms with Crippen molar-refractivity contribution in [1.82, 2.24) is 9.55 Å². The molecule has 0 aliphatic heterocycles.